The van der Waals surface area contributed by atoms with Crippen molar-refractivity contribution >= 4 is 5.69 Å². The van der Waals surface area contributed by atoms with Crippen molar-refractivity contribution in [1.82, 2.24) is 0 Å². The highest BCUT2D eigenvalue weighted by Gasteiger charge is 2.21. The fourth-order valence-electron chi connectivity index (χ4n) is 1.62. The van der Waals surface area contributed by atoms with Gasteiger partial charge in [0.05, 0.1) is 6.61 Å². The molecule has 0 radical (unpaired) electrons. The zero-order chi connectivity index (χ0) is 13.1. The topological polar surface area (TPSA) is 75.6 Å². The Morgan fingerprint density at radius 1 is 1.17 bits per heavy atom. The molecule has 0 spiro atoms. The van der Waals surface area contributed by atoms with Gasteiger partial charge in [-0.2, -0.15) is 0 Å². The molecule has 0 aliphatic heterocycles. The molecule has 0 aromatic heterocycles. The molecule has 0 saturated heterocycles. The van der Waals surface area contributed by atoms with Crippen LogP contribution in [0.5, 0.6) is 11.5 Å². The molecule has 18 heavy (non-hydrogen) atoms. The molecule has 0 aliphatic carbocycles. The molecular formula is C13H13NO4. The van der Waals surface area contributed by atoms with Crippen LogP contribution >= 0.6 is 0 Å². The molecule has 5 heteroatoms. The van der Waals surface area contributed by atoms with Crippen LogP contribution in [0.15, 0.2) is 33.9 Å². The Balaban J connectivity index is 2.07. The summed E-state index contributed by atoms with van der Waals surface area (Å²) in [4.78, 5) is 22.5. The number of anilines is 1. The maximum Gasteiger partial charge on any atom is 0.272 e. The molecular weight excluding hydrogens is 234 g/mol. The van der Waals surface area contributed by atoms with Gasteiger partial charge < -0.3 is 15.2 Å². The first-order valence-corrected chi connectivity index (χ1v) is 5.61. The summed E-state index contributed by atoms with van der Waals surface area (Å²) in [5, 5.41) is 12.0. The van der Waals surface area contributed by atoms with Gasteiger partial charge in [0.25, 0.3) is 10.9 Å². The van der Waals surface area contributed by atoms with Gasteiger partial charge in [-0.1, -0.05) is 12.1 Å². The van der Waals surface area contributed by atoms with Gasteiger partial charge >= 0.3 is 0 Å². The number of ether oxygens (including phenoxy) is 1. The first kappa shape index (κ1) is 12.2. The van der Waals surface area contributed by atoms with Gasteiger partial charge in [0, 0.05) is 6.54 Å². The van der Waals surface area contributed by atoms with Crippen molar-refractivity contribution in [3.05, 3.63) is 50.3 Å². The van der Waals surface area contributed by atoms with Gasteiger partial charge in [0.1, 0.15) is 11.4 Å². The monoisotopic (exact) mass is 247 g/mol. The summed E-state index contributed by atoms with van der Waals surface area (Å²) in [6, 6.07) is 6.58. The van der Waals surface area contributed by atoms with Gasteiger partial charge in [-0.3, -0.25) is 9.59 Å². The highest BCUT2D eigenvalue weighted by atomic mass is 16.5. The van der Waals surface area contributed by atoms with E-state index >= 15 is 0 Å². The molecule has 0 aliphatic rings. The highest BCUT2D eigenvalue weighted by molar-refractivity contribution is 5.61. The zero-order valence-corrected chi connectivity index (χ0v) is 9.90. The van der Waals surface area contributed by atoms with E-state index in [1.807, 2.05) is 0 Å². The molecule has 0 amide bonds. The van der Waals surface area contributed by atoms with Crippen LogP contribution in [0.3, 0.4) is 0 Å². The number of phenolic OH excluding ortho intramolecular Hbond substituents is 1. The number of phenols is 1. The molecule has 2 N–H and O–H groups in total. The molecule has 0 bridgehead atoms. The lowest BCUT2D eigenvalue weighted by atomic mass is 10.2. The van der Waals surface area contributed by atoms with Crippen LogP contribution in [0.25, 0.3) is 0 Å². The Labute approximate surface area is 103 Å². The fourth-order valence-corrected chi connectivity index (χ4v) is 1.62. The predicted molar refractivity (Wildman–Crippen MR) is 68.0 cm³/mol. The van der Waals surface area contributed by atoms with Crippen LogP contribution in [0, 0.1) is 0 Å². The van der Waals surface area contributed by atoms with E-state index in [2.05, 4.69) is 5.32 Å². The number of rotatable bonds is 5. The van der Waals surface area contributed by atoms with Crippen molar-refractivity contribution in [1.29, 1.82) is 0 Å². The summed E-state index contributed by atoms with van der Waals surface area (Å²) in [6.07, 6.45) is 0. The van der Waals surface area contributed by atoms with Gasteiger partial charge in [-0.15, -0.1) is 0 Å². The maximum atomic E-state index is 11.3. The first-order chi connectivity index (χ1) is 8.63. The smallest absolute Gasteiger partial charge is 0.272 e. The van der Waals surface area contributed by atoms with E-state index in [9.17, 15) is 9.59 Å². The number of hydrogen-bond acceptors (Lipinski definition) is 5. The number of aromatic hydroxyl groups is 1. The lowest BCUT2D eigenvalue weighted by molar-refractivity contribution is 0.334. The second-order valence-electron chi connectivity index (χ2n) is 3.82. The highest BCUT2D eigenvalue weighted by Crippen LogP contribution is 2.18. The lowest BCUT2D eigenvalue weighted by Crippen LogP contribution is -2.35. The van der Waals surface area contributed by atoms with Crippen LogP contribution < -0.4 is 20.9 Å². The summed E-state index contributed by atoms with van der Waals surface area (Å²) in [5.74, 6) is 0.296. The summed E-state index contributed by atoms with van der Waals surface area (Å²) in [7, 11) is 0. The minimum absolute atomic E-state index is 0.112. The fraction of sp³-hybridized carbons (Fsp3) is 0.231. The van der Waals surface area contributed by atoms with Crippen molar-refractivity contribution in [2.75, 3.05) is 11.9 Å². The second-order valence-corrected chi connectivity index (χ2v) is 3.82. The van der Waals surface area contributed by atoms with Crippen molar-refractivity contribution in [3.63, 3.8) is 0 Å². The van der Waals surface area contributed by atoms with Gasteiger partial charge in [0.15, 0.2) is 5.75 Å². The predicted octanol–water partition coefficient (Wildman–Crippen LogP) is 0.999. The van der Waals surface area contributed by atoms with Crippen LogP contribution in [0.2, 0.25) is 0 Å². The van der Waals surface area contributed by atoms with E-state index < -0.39 is 10.9 Å². The first-order valence-electron chi connectivity index (χ1n) is 5.61. The normalized spacial score (nSPS) is 10.5. The molecule has 2 aromatic carbocycles. The van der Waals surface area contributed by atoms with E-state index in [1.165, 1.54) is 0 Å². The molecule has 5 nitrogen and oxygen atoms in total. The zero-order valence-electron chi connectivity index (χ0n) is 9.90. The van der Waals surface area contributed by atoms with Gasteiger partial charge in [-0.25, -0.2) is 0 Å². The number of benzene rings is 1. The van der Waals surface area contributed by atoms with E-state index in [-0.39, 0.29) is 17.2 Å². The molecule has 94 valence electrons. The lowest BCUT2D eigenvalue weighted by Gasteiger charge is -2.13. The summed E-state index contributed by atoms with van der Waals surface area (Å²) in [6.45, 7) is 2.49. The van der Waals surface area contributed by atoms with Crippen molar-refractivity contribution < 1.29 is 9.84 Å². The number of hydrogen-bond donors (Lipinski definition) is 2. The molecule has 0 atom stereocenters. The van der Waals surface area contributed by atoms with Gasteiger partial charge in [-0.05, 0) is 24.6 Å². The standard InChI is InChI=1S/C13H13NO4/c1-2-18-13-10(11(16)12(13)17)14-7-8-3-5-9(15)6-4-8/h3-6,14-15H,2,7H2,1H3. The van der Waals surface area contributed by atoms with Gasteiger partial charge in [0.2, 0.25) is 0 Å². The summed E-state index contributed by atoms with van der Waals surface area (Å²) < 4.78 is 5.09. The Morgan fingerprint density at radius 2 is 1.83 bits per heavy atom. The summed E-state index contributed by atoms with van der Waals surface area (Å²) >= 11 is 0. The average Bonchev–Trinajstić information content (AvgIpc) is 2.39. The molecule has 2 rings (SSSR count). The number of nitrogens with one attached hydrogen (secondary N) is 1. The minimum Gasteiger partial charge on any atom is -0.508 e. The summed E-state index contributed by atoms with van der Waals surface area (Å²) in [5.41, 5.74) is 0.000469. The van der Waals surface area contributed by atoms with Crippen molar-refractivity contribution in [3.8, 4) is 11.5 Å². The van der Waals surface area contributed by atoms with Crippen LogP contribution in [0.4, 0.5) is 5.69 Å². The van der Waals surface area contributed by atoms with Crippen molar-refractivity contribution in [2.24, 2.45) is 0 Å². The third-order valence-electron chi connectivity index (χ3n) is 2.56. The maximum absolute atomic E-state index is 11.3. The van der Waals surface area contributed by atoms with Crippen molar-refractivity contribution in [2.45, 2.75) is 13.5 Å². The molecule has 0 heterocycles. The van der Waals surface area contributed by atoms with Crippen LogP contribution in [0.1, 0.15) is 12.5 Å². The van der Waals surface area contributed by atoms with E-state index in [4.69, 9.17) is 9.84 Å². The average molecular weight is 247 g/mol. The molecule has 2 aromatic rings. The van der Waals surface area contributed by atoms with Crippen LogP contribution in [-0.2, 0) is 6.54 Å². The van der Waals surface area contributed by atoms with E-state index in [1.54, 1.807) is 31.2 Å². The van der Waals surface area contributed by atoms with Crippen LogP contribution in [-0.4, -0.2) is 11.7 Å². The second kappa shape index (κ2) is 4.91. The molecule has 0 saturated carbocycles. The SMILES string of the molecule is CCOc1c(NCc2ccc(O)cc2)c(=O)c1=O. The quantitative estimate of drug-likeness (QED) is 0.771. The third-order valence-corrected chi connectivity index (χ3v) is 2.56. The minimum atomic E-state index is -0.579. The molecule has 0 fully saturated rings. The third kappa shape index (κ3) is 2.20. The van der Waals surface area contributed by atoms with E-state index in [0.29, 0.717) is 13.2 Å². The Bertz CT molecular complexity index is 609. The van der Waals surface area contributed by atoms with E-state index in [0.717, 1.165) is 5.56 Å². The Kier molecular flexibility index (Phi) is 3.32. The Hall–Kier alpha value is -2.30. The largest absolute Gasteiger partial charge is 0.508 e. The Morgan fingerprint density at radius 3 is 2.44 bits per heavy atom. The molecule has 0 unspecified atom stereocenters.